The Morgan fingerprint density at radius 1 is 0.875 bits per heavy atom. The lowest BCUT2D eigenvalue weighted by molar-refractivity contribution is 0.568. The third-order valence-corrected chi connectivity index (χ3v) is 5.59. The zero-order valence-electron chi connectivity index (χ0n) is 17.5. The van der Waals surface area contributed by atoms with E-state index in [-0.39, 0.29) is 0 Å². The fourth-order valence-corrected chi connectivity index (χ4v) is 3.88. The summed E-state index contributed by atoms with van der Waals surface area (Å²) >= 11 is 0. The summed E-state index contributed by atoms with van der Waals surface area (Å²) in [5.74, 6) is 0.682. The number of rotatable bonds is 4. The van der Waals surface area contributed by atoms with E-state index in [4.69, 9.17) is 9.40 Å². The number of furan rings is 1. The van der Waals surface area contributed by atoms with Gasteiger partial charge in [0.15, 0.2) is 5.82 Å². The number of aromatic amines is 2. The van der Waals surface area contributed by atoms with Crippen LogP contribution in [0.5, 0.6) is 0 Å². The molecule has 0 fully saturated rings. The highest BCUT2D eigenvalue weighted by molar-refractivity contribution is 5.98. The highest BCUT2D eigenvalue weighted by atomic mass is 16.3. The number of fused-ring (bicyclic) bond motifs is 2. The summed E-state index contributed by atoms with van der Waals surface area (Å²) in [4.78, 5) is 19.0. The molecule has 2 N–H and O–H groups in total. The largest absolute Gasteiger partial charge is 0.472 e. The molecule has 32 heavy (non-hydrogen) atoms. The first-order valence-corrected chi connectivity index (χ1v) is 10.1. The number of H-pyrrole nitrogens is 2. The van der Waals surface area contributed by atoms with E-state index in [0.29, 0.717) is 5.82 Å². The number of benzene rings is 1. The molecule has 5 heterocycles. The Balaban J connectivity index is 1.49. The van der Waals surface area contributed by atoms with Crippen molar-refractivity contribution in [2.45, 2.75) is 0 Å². The molecule has 0 atom stereocenters. The first-order chi connectivity index (χ1) is 15.7. The lowest BCUT2D eigenvalue weighted by Crippen LogP contribution is -2.08. The average Bonchev–Trinajstić information content (AvgIpc) is 3.57. The van der Waals surface area contributed by atoms with Gasteiger partial charge in [0.25, 0.3) is 0 Å². The molecule has 0 saturated heterocycles. The van der Waals surface area contributed by atoms with Gasteiger partial charge in [-0.15, -0.1) is 0 Å². The Hall–Kier alpha value is -4.46. The van der Waals surface area contributed by atoms with Gasteiger partial charge in [-0.3, -0.25) is 15.1 Å². The minimum Gasteiger partial charge on any atom is -0.472 e. The normalized spacial score (nSPS) is 11.4. The highest BCUT2D eigenvalue weighted by Gasteiger charge is 2.16. The van der Waals surface area contributed by atoms with Crippen LogP contribution in [0.1, 0.15) is 0 Å². The predicted octanol–water partition coefficient (Wildman–Crippen LogP) is 4.89. The molecule has 0 aliphatic rings. The lowest BCUT2D eigenvalue weighted by atomic mass is 10.0. The summed E-state index contributed by atoms with van der Waals surface area (Å²) in [6.45, 7) is 0. The first-order valence-electron chi connectivity index (χ1n) is 10.1. The van der Waals surface area contributed by atoms with Crippen LogP contribution in [0.25, 0.3) is 55.7 Å². The molecule has 1 aromatic carbocycles. The standard InChI is InChI=1S/C24H19N7O/c1-31(2)17-7-16(9-25-10-17)14-3-4-20-18(8-14)23(30-29-20)24-27-21-12-26-11-19(22(21)28-24)15-5-6-32-13-15/h3-13H,1-2H3,(H,27,28)(H,29,30). The van der Waals surface area contributed by atoms with Crippen molar-refractivity contribution in [1.82, 2.24) is 30.1 Å². The van der Waals surface area contributed by atoms with Gasteiger partial charge in [0.2, 0.25) is 0 Å². The van der Waals surface area contributed by atoms with Gasteiger partial charge in [0.1, 0.15) is 11.2 Å². The number of anilines is 1. The minimum absolute atomic E-state index is 0.682. The van der Waals surface area contributed by atoms with Crippen LogP contribution >= 0.6 is 0 Å². The van der Waals surface area contributed by atoms with Crippen LogP contribution in [-0.2, 0) is 0 Å². The summed E-state index contributed by atoms with van der Waals surface area (Å²) in [6.07, 6.45) is 10.6. The van der Waals surface area contributed by atoms with E-state index < -0.39 is 0 Å². The van der Waals surface area contributed by atoms with Gasteiger partial charge in [0.05, 0.1) is 41.6 Å². The van der Waals surface area contributed by atoms with E-state index in [9.17, 15) is 0 Å². The minimum atomic E-state index is 0.682. The topological polar surface area (TPSA) is 99.5 Å². The molecule has 0 radical (unpaired) electrons. The summed E-state index contributed by atoms with van der Waals surface area (Å²) < 4.78 is 5.24. The Bertz CT molecular complexity index is 1560. The fourth-order valence-electron chi connectivity index (χ4n) is 3.88. The number of hydrogen-bond donors (Lipinski definition) is 2. The van der Waals surface area contributed by atoms with Gasteiger partial charge in [-0.25, -0.2) is 4.98 Å². The number of hydrogen-bond acceptors (Lipinski definition) is 6. The van der Waals surface area contributed by atoms with Crippen molar-refractivity contribution in [2.24, 2.45) is 0 Å². The van der Waals surface area contributed by atoms with Gasteiger partial charge < -0.3 is 14.3 Å². The van der Waals surface area contributed by atoms with E-state index in [0.717, 1.165) is 55.6 Å². The van der Waals surface area contributed by atoms with E-state index in [1.54, 1.807) is 24.9 Å². The smallest absolute Gasteiger partial charge is 0.159 e. The zero-order chi connectivity index (χ0) is 21.7. The second-order valence-corrected chi connectivity index (χ2v) is 7.84. The van der Waals surface area contributed by atoms with Gasteiger partial charge >= 0.3 is 0 Å². The quantitative estimate of drug-likeness (QED) is 0.420. The van der Waals surface area contributed by atoms with Crippen LogP contribution in [-0.4, -0.2) is 44.2 Å². The zero-order valence-corrected chi connectivity index (χ0v) is 17.5. The van der Waals surface area contributed by atoms with Crippen molar-refractivity contribution in [3.8, 4) is 33.8 Å². The van der Waals surface area contributed by atoms with Gasteiger partial charge in [-0.05, 0) is 29.8 Å². The summed E-state index contributed by atoms with van der Waals surface area (Å²) in [6, 6.07) is 10.2. The average molecular weight is 421 g/mol. The molecule has 6 aromatic rings. The molecule has 6 rings (SSSR count). The van der Waals surface area contributed by atoms with Crippen LogP contribution in [0, 0.1) is 0 Å². The highest BCUT2D eigenvalue weighted by Crippen LogP contribution is 2.33. The number of imidazole rings is 1. The van der Waals surface area contributed by atoms with Crippen molar-refractivity contribution >= 4 is 27.6 Å². The van der Waals surface area contributed by atoms with Crippen LogP contribution < -0.4 is 4.90 Å². The predicted molar refractivity (Wildman–Crippen MR) is 124 cm³/mol. The summed E-state index contributed by atoms with van der Waals surface area (Å²) in [5.41, 5.74) is 8.36. The maximum absolute atomic E-state index is 5.24. The molecule has 0 aliphatic heterocycles. The van der Waals surface area contributed by atoms with Gasteiger partial charge in [-0.1, -0.05) is 6.07 Å². The maximum atomic E-state index is 5.24. The molecule has 8 nitrogen and oxygen atoms in total. The Morgan fingerprint density at radius 2 is 1.78 bits per heavy atom. The van der Waals surface area contributed by atoms with E-state index in [1.165, 1.54) is 0 Å². The lowest BCUT2D eigenvalue weighted by Gasteiger charge is -2.13. The third kappa shape index (κ3) is 2.92. The van der Waals surface area contributed by atoms with E-state index in [2.05, 4.69) is 43.3 Å². The summed E-state index contributed by atoms with van der Waals surface area (Å²) in [5, 5.41) is 8.65. The number of nitrogens with zero attached hydrogens (tertiary/aromatic N) is 5. The Kier molecular flexibility index (Phi) is 4.04. The van der Waals surface area contributed by atoms with Gasteiger partial charge in [-0.2, -0.15) is 5.10 Å². The molecule has 0 spiro atoms. The molecule has 156 valence electrons. The van der Waals surface area contributed by atoms with E-state index in [1.807, 2.05) is 43.5 Å². The molecular weight excluding hydrogens is 402 g/mol. The number of nitrogens with one attached hydrogen (secondary N) is 2. The van der Waals surface area contributed by atoms with Crippen LogP contribution in [0.4, 0.5) is 5.69 Å². The van der Waals surface area contributed by atoms with Crippen LogP contribution in [0.3, 0.4) is 0 Å². The molecule has 5 aromatic heterocycles. The second-order valence-electron chi connectivity index (χ2n) is 7.84. The van der Waals surface area contributed by atoms with Crippen LogP contribution in [0.2, 0.25) is 0 Å². The molecule has 8 heteroatoms. The van der Waals surface area contributed by atoms with Crippen molar-refractivity contribution in [3.63, 3.8) is 0 Å². The SMILES string of the molecule is CN(C)c1cncc(-c2ccc3[nH]nc(-c4nc5c(-c6ccoc6)cncc5[nH]4)c3c2)c1. The van der Waals surface area contributed by atoms with Crippen molar-refractivity contribution < 1.29 is 4.42 Å². The fraction of sp³-hybridized carbons (Fsp3) is 0.0833. The van der Waals surface area contributed by atoms with Crippen molar-refractivity contribution in [2.75, 3.05) is 19.0 Å². The molecule has 0 amide bonds. The monoisotopic (exact) mass is 421 g/mol. The first kappa shape index (κ1) is 18.3. The Morgan fingerprint density at radius 3 is 2.62 bits per heavy atom. The van der Waals surface area contributed by atoms with Gasteiger partial charge in [0, 0.05) is 48.6 Å². The summed E-state index contributed by atoms with van der Waals surface area (Å²) in [7, 11) is 4.01. The maximum Gasteiger partial charge on any atom is 0.159 e. The van der Waals surface area contributed by atoms with Crippen molar-refractivity contribution in [1.29, 1.82) is 0 Å². The van der Waals surface area contributed by atoms with E-state index >= 15 is 0 Å². The second kappa shape index (κ2) is 7.05. The van der Waals surface area contributed by atoms with Crippen LogP contribution in [0.15, 0.2) is 72.1 Å². The molecule has 0 unspecified atom stereocenters. The molecule has 0 saturated carbocycles. The van der Waals surface area contributed by atoms with Crippen molar-refractivity contribution in [3.05, 3.63) is 67.6 Å². The Labute approximate surface area is 183 Å². The molecule has 0 aliphatic carbocycles. The number of aromatic nitrogens is 6. The molecular formula is C24H19N7O. The number of pyridine rings is 2. The molecule has 0 bridgehead atoms. The third-order valence-electron chi connectivity index (χ3n) is 5.59.